The number of H-pyrrole nitrogens is 1. The van der Waals surface area contributed by atoms with Crippen molar-refractivity contribution in [2.75, 3.05) is 12.3 Å². The highest BCUT2D eigenvalue weighted by Gasteiger charge is 2.35. The summed E-state index contributed by atoms with van der Waals surface area (Å²) in [6.45, 7) is 7.11. The Morgan fingerprint density at radius 1 is 1.53 bits per heavy atom. The van der Waals surface area contributed by atoms with E-state index in [4.69, 9.17) is 5.73 Å². The lowest BCUT2D eigenvalue weighted by atomic mass is 10.1. The summed E-state index contributed by atoms with van der Waals surface area (Å²) in [7, 11) is 0. The molecule has 5 heteroatoms. The molecule has 5 nitrogen and oxygen atoms in total. The maximum Gasteiger partial charge on any atom is 0.276 e. The summed E-state index contributed by atoms with van der Waals surface area (Å²) in [6, 6.07) is 0.389. The fourth-order valence-electron chi connectivity index (χ4n) is 2.30. The third-order valence-corrected chi connectivity index (χ3v) is 3.40. The Morgan fingerprint density at radius 3 is 2.74 bits per heavy atom. The van der Waals surface area contributed by atoms with Crippen LogP contribution in [0.4, 0.5) is 5.69 Å². The Hall–Kier alpha value is -1.52. The van der Waals surface area contributed by atoms with Gasteiger partial charge in [0.15, 0.2) is 5.69 Å². The average Bonchev–Trinajstić information content (AvgIpc) is 3.13. The second kappa shape index (κ2) is 5.63. The monoisotopic (exact) mass is 264 g/mol. The van der Waals surface area contributed by atoms with Gasteiger partial charge in [-0.25, -0.2) is 0 Å². The molecule has 0 spiro atoms. The van der Waals surface area contributed by atoms with E-state index in [-0.39, 0.29) is 5.91 Å². The Bertz CT molecular complexity index is 448. The number of nitrogens with zero attached hydrogens (tertiary/aromatic N) is 2. The number of carbonyl (C=O) groups is 1. The first-order valence-corrected chi connectivity index (χ1v) is 7.18. The summed E-state index contributed by atoms with van der Waals surface area (Å²) >= 11 is 0. The van der Waals surface area contributed by atoms with E-state index in [0.29, 0.717) is 23.3 Å². The van der Waals surface area contributed by atoms with E-state index in [1.807, 2.05) is 4.90 Å². The second-order valence-electron chi connectivity index (χ2n) is 5.80. The number of aromatic nitrogens is 2. The zero-order valence-electron chi connectivity index (χ0n) is 12.1. The molecule has 1 aromatic rings. The molecule has 19 heavy (non-hydrogen) atoms. The molecular formula is C14H24N4O. The van der Waals surface area contributed by atoms with Crippen molar-refractivity contribution in [2.24, 2.45) is 5.92 Å². The predicted octanol–water partition coefficient (Wildman–Crippen LogP) is 2.21. The van der Waals surface area contributed by atoms with Crippen LogP contribution in [0.5, 0.6) is 0 Å². The lowest BCUT2D eigenvalue weighted by Gasteiger charge is -2.23. The molecule has 1 aliphatic carbocycles. The molecule has 1 heterocycles. The predicted molar refractivity (Wildman–Crippen MR) is 75.9 cm³/mol. The molecule has 0 saturated heterocycles. The number of hydrogen-bond acceptors (Lipinski definition) is 3. The van der Waals surface area contributed by atoms with Gasteiger partial charge in [-0.15, -0.1) is 0 Å². The largest absolute Gasteiger partial charge is 0.395 e. The summed E-state index contributed by atoms with van der Waals surface area (Å²) in [5.74, 6) is 0.437. The van der Waals surface area contributed by atoms with Crippen molar-refractivity contribution in [3.63, 3.8) is 0 Å². The number of carbonyl (C=O) groups excluding carboxylic acids is 1. The maximum atomic E-state index is 12.6. The Labute approximate surface area is 114 Å². The number of rotatable bonds is 6. The molecule has 0 aromatic carbocycles. The summed E-state index contributed by atoms with van der Waals surface area (Å²) in [5, 5.41) is 7.03. The lowest BCUT2D eigenvalue weighted by molar-refractivity contribution is 0.0717. The molecule has 0 radical (unpaired) electrons. The molecule has 1 aromatic heterocycles. The highest BCUT2D eigenvalue weighted by atomic mass is 16.2. The fourth-order valence-corrected chi connectivity index (χ4v) is 2.30. The molecule has 0 unspecified atom stereocenters. The topological polar surface area (TPSA) is 75.0 Å². The standard InChI is InChI=1S/C14H24N4O/c1-4-5-11-12(15)13(17-16-11)14(19)18(8-9(2)3)10-6-7-10/h9-10H,4-8,15H2,1-3H3,(H,16,17). The third-order valence-electron chi connectivity index (χ3n) is 3.40. The molecule has 1 saturated carbocycles. The Morgan fingerprint density at radius 2 is 2.21 bits per heavy atom. The van der Waals surface area contributed by atoms with Crippen LogP contribution in [0, 0.1) is 5.92 Å². The van der Waals surface area contributed by atoms with E-state index in [1.165, 1.54) is 0 Å². The molecule has 0 atom stereocenters. The van der Waals surface area contributed by atoms with Gasteiger partial charge in [-0.05, 0) is 25.2 Å². The minimum atomic E-state index is -0.0210. The van der Waals surface area contributed by atoms with Crippen molar-refractivity contribution in [3.8, 4) is 0 Å². The van der Waals surface area contributed by atoms with Gasteiger partial charge in [-0.1, -0.05) is 27.2 Å². The van der Waals surface area contributed by atoms with Crippen LogP contribution in [0.15, 0.2) is 0 Å². The average molecular weight is 264 g/mol. The SMILES string of the molecule is CCCc1[nH]nc(C(=O)N(CC(C)C)C2CC2)c1N. The van der Waals surface area contributed by atoms with Crippen molar-refractivity contribution < 1.29 is 4.79 Å². The van der Waals surface area contributed by atoms with Gasteiger partial charge < -0.3 is 10.6 Å². The van der Waals surface area contributed by atoms with Crippen LogP contribution in [-0.2, 0) is 6.42 Å². The van der Waals surface area contributed by atoms with Gasteiger partial charge in [-0.3, -0.25) is 9.89 Å². The molecular weight excluding hydrogens is 240 g/mol. The minimum absolute atomic E-state index is 0.0210. The summed E-state index contributed by atoms with van der Waals surface area (Å²) in [6.07, 6.45) is 4.02. The second-order valence-corrected chi connectivity index (χ2v) is 5.80. The van der Waals surface area contributed by atoms with E-state index in [9.17, 15) is 4.79 Å². The number of aryl methyl sites for hydroxylation is 1. The van der Waals surface area contributed by atoms with E-state index in [2.05, 4.69) is 31.0 Å². The smallest absolute Gasteiger partial charge is 0.276 e. The number of aromatic amines is 1. The first-order chi connectivity index (χ1) is 9.04. The van der Waals surface area contributed by atoms with Gasteiger partial charge >= 0.3 is 0 Å². The van der Waals surface area contributed by atoms with Crippen LogP contribution in [0.25, 0.3) is 0 Å². The highest BCUT2D eigenvalue weighted by molar-refractivity contribution is 5.98. The van der Waals surface area contributed by atoms with Gasteiger partial charge in [0, 0.05) is 12.6 Å². The Balaban J connectivity index is 2.16. The van der Waals surface area contributed by atoms with E-state index >= 15 is 0 Å². The molecule has 1 amide bonds. The summed E-state index contributed by atoms with van der Waals surface area (Å²) in [4.78, 5) is 14.5. The third kappa shape index (κ3) is 3.08. The quantitative estimate of drug-likeness (QED) is 0.827. The zero-order chi connectivity index (χ0) is 14.0. The fraction of sp³-hybridized carbons (Fsp3) is 0.714. The van der Waals surface area contributed by atoms with E-state index in [0.717, 1.165) is 37.9 Å². The van der Waals surface area contributed by atoms with Crippen molar-refractivity contribution in [2.45, 2.75) is 52.5 Å². The lowest BCUT2D eigenvalue weighted by Crippen LogP contribution is -2.36. The van der Waals surface area contributed by atoms with Gasteiger partial charge in [0.05, 0.1) is 11.4 Å². The molecule has 2 rings (SSSR count). The normalized spacial score (nSPS) is 14.9. The molecule has 0 aliphatic heterocycles. The first kappa shape index (κ1) is 13.9. The van der Waals surface area contributed by atoms with Crippen molar-refractivity contribution in [1.29, 1.82) is 0 Å². The van der Waals surface area contributed by atoms with E-state index in [1.54, 1.807) is 0 Å². The number of nitrogens with one attached hydrogen (secondary N) is 1. The van der Waals surface area contributed by atoms with Crippen molar-refractivity contribution in [3.05, 3.63) is 11.4 Å². The van der Waals surface area contributed by atoms with Crippen molar-refractivity contribution in [1.82, 2.24) is 15.1 Å². The van der Waals surface area contributed by atoms with Crippen LogP contribution in [0.2, 0.25) is 0 Å². The van der Waals surface area contributed by atoms with Gasteiger partial charge in [0.1, 0.15) is 0 Å². The number of anilines is 1. The van der Waals surface area contributed by atoms with Crippen LogP contribution in [0.3, 0.4) is 0 Å². The number of nitrogens with two attached hydrogens (primary N) is 1. The Kier molecular flexibility index (Phi) is 4.12. The van der Waals surface area contributed by atoms with E-state index < -0.39 is 0 Å². The van der Waals surface area contributed by atoms with Crippen LogP contribution in [0.1, 0.15) is 56.2 Å². The number of hydrogen-bond donors (Lipinski definition) is 2. The van der Waals surface area contributed by atoms with Gasteiger partial charge in [0.2, 0.25) is 0 Å². The van der Waals surface area contributed by atoms with Crippen molar-refractivity contribution >= 4 is 11.6 Å². The first-order valence-electron chi connectivity index (χ1n) is 7.18. The zero-order valence-corrected chi connectivity index (χ0v) is 12.1. The number of amides is 1. The molecule has 0 bridgehead atoms. The summed E-state index contributed by atoms with van der Waals surface area (Å²) in [5.41, 5.74) is 7.85. The summed E-state index contributed by atoms with van der Waals surface area (Å²) < 4.78 is 0. The van der Waals surface area contributed by atoms with Gasteiger partial charge in [0.25, 0.3) is 5.91 Å². The molecule has 106 valence electrons. The van der Waals surface area contributed by atoms with Gasteiger partial charge in [-0.2, -0.15) is 5.10 Å². The van der Waals surface area contributed by atoms with Crippen LogP contribution < -0.4 is 5.73 Å². The van der Waals surface area contributed by atoms with Crippen LogP contribution in [-0.4, -0.2) is 33.6 Å². The number of nitrogen functional groups attached to an aromatic ring is 1. The molecule has 1 fully saturated rings. The molecule has 1 aliphatic rings. The highest BCUT2D eigenvalue weighted by Crippen LogP contribution is 2.30. The minimum Gasteiger partial charge on any atom is -0.395 e. The molecule has 3 N–H and O–H groups in total. The van der Waals surface area contributed by atoms with Crippen LogP contribution >= 0.6 is 0 Å². The maximum absolute atomic E-state index is 12.6.